The van der Waals surface area contributed by atoms with Crippen molar-refractivity contribution in [2.24, 2.45) is 0 Å². The Bertz CT molecular complexity index is 908. The zero-order valence-corrected chi connectivity index (χ0v) is 15.8. The van der Waals surface area contributed by atoms with E-state index in [9.17, 15) is 22.8 Å². The highest BCUT2D eigenvalue weighted by Crippen LogP contribution is 2.37. The first-order valence-electron chi connectivity index (χ1n) is 8.07. The highest BCUT2D eigenvalue weighted by atomic mass is 35.5. The Hall–Kier alpha value is -2.39. The van der Waals surface area contributed by atoms with Crippen LogP contribution in [0.5, 0.6) is 5.75 Å². The lowest BCUT2D eigenvalue weighted by Gasteiger charge is -2.23. The van der Waals surface area contributed by atoms with Crippen molar-refractivity contribution in [2.75, 3.05) is 17.2 Å². The highest BCUT2D eigenvalue weighted by Gasteiger charge is 2.30. The second-order valence-corrected chi connectivity index (χ2v) is 7.57. The molecule has 1 aliphatic rings. The number of ether oxygens (including phenoxy) is 1. The van der Waals surface area contributed by atoms with E-state index in [0.29, 0.717) is 5.69 Å². The molecule has 0 saturated heterocycles. The van der Waals surface area contributed by atoms with E-state index in [2.05, 4.69) is 10.6 Å². The molecule has 1 aliphatic heterocycles. The number of fused-ring (bicyclic) bond motifs is 1. The summed E-state index contributed by atoms with van der Waals surface area (Å²) in [7, 11) is 0. The molecular formula is C18H14ClF3N2O3S. The number of nitrogens with one attached hydrogen (secondary N) is 2. The number of rotatable bonds is 5. The molecule has 0 bridgehead atoms. The number of amides is 2. The monoisotopic (exact) mass is 430 g/mol. The Morgan fingerprint density at radius 1 is 1.25 bits per heavy atom. The SMILES string of the molecule is O=C(CC1Sc2ccccc2NC1=O)Nc1cc(Cl)ccc1OCC(F)(F)F. The van der Waals surface area contributed by atoms with E-state index in [-0.39, 0.29) is 28.8 Å². The number of carbonyl (C=O) groups is 2. The number of hydrogen-bond acceptors (Lipinski definition) is 4. The fourth-order valence-electron chi connectivity index (χ4n) is 2.48. The van der Waals surface area contributed by atoms with Crippen molar-refractivity contribution >= 4 is 46.6 Å². The van der Waals surface area contributed by atoms with Gasteiger partial charge in [-0.3, -0.25) is 9.59 Å². The molecule has 0 aliphatic carbocycles. The minimum atomic E-state index is -4.52. The van der Waals surface area contributed by atoms with E-state index < -0.39 is 23.9 Å². The number of carbonyl (C=O) groups excluding carboxylic acids is 2. The van der Waals surface area contributed by atoms with Crippen LogP contribution in [0, 0.1) is 0 Å². The zero-order valence-electron chi connectivity index (χ0n) is 14.2. The van der Waals surface area contributed by atoms with E-state index >= 15 is 0 Å². The largest absolute Gasteiger partial charge is 0.482 e. The van der Waals surface area contributed by atoms with Gasteiger partial charge in [-0.2, -0.15) is 13.2 Å². The molecular weight excluding hydrogens is 417 g/mol. The molecule has 2 N–H and O–H groups in total. The number of thioether (sulfide) groups is 1. The molecule has 3 rings (SSSR count). The van der Waals surface area contributed by atoms with Crippen molar-refractivity contribution in [1.29, 1.82) is 0 Å². The minimum Gasteiger partial charge on any atom is -0.482 e. The summed E-state index contributed by atoms with van der Waals surface area (Å²) >= 11 is 7.11. The van der Waals surface area contributed by atoms with Crippen LogP contribution in [0.2, 0.25) is 5.02 Å². The minimum absolute atomic E-state index is 0.00312. The van der Waals surface area contributed by atoms with Gasteiger partial charge in [0.15, 0.2) is 6.61 Å². The fourth-order valence-corrected chi connectivity index (χ4v) is 3.76. The van der Waals surface area contributed by atoms with Crippen LogP contribution in [0.25, 0.3) is 0 Å². The van der Waals surface area contributed by atoms with Gasteiger partial charge in [-0.1, -0.05) is 23.7 Å². The lowest BCUT2D eigenvalue weighted by Crippen LogP contribution is -2.32. The second-order valence-electron chi connectivity index (χ2n) is 5.89. The molecule has 28 heavy (non-hydrogen) atoms. The van der Waals surface area contributed by atoms with E-state index in [4.69, 9.17) is 16.3 Å². The summed E-state index contributed by atoms with van der Waals surface area (Å²) < 4.78 is 41.9. The van der Waals surface area contributed by atoms with E-state index in [1.807, 2.05) is 12.1 Å². The summed E-state index contributed by atoms with van der Waals surface area (Å²) in [4.78, 5) is 25.4. The number of halogens is 4. The first-order valence-corrected chi connectivity index (χ1v) is 9.32. The molecule has 148 valence electrons. The number of para-hydroxylation sites is 1. The van der Waals surface area contributed by atoms with Crippen LogP contribution in [0.15, 0.2) is 47.4 Å². The Kier molecular flexibility index (Phi) is 6.04. The Morgan fingerprint density at radius 3 is 2.75 bits per heavy atom. The molecule has 5 nitrogen and oxygen atoms in total. The quantitative estimate of drug-likeness (QED) is 0.720. The zero-order chi connectivity index (χ0) is 20.3. The predicted octanol–water partition coefficient (Wildman–Crippen LogP) is 4.72. The van der Waals surface area contributed by atoms with Gasteiger partial charge in [0.05, 0.1) is 16.6 Å². The summed E-state index contributed by atoms with van der Waals surface area (Å²) in [5, 5.41) is 4.74. The van der Waals surface area contributed by atoms with E-state index in [1.54, 1.807) is 12.1 Å². The van der Waals surface area contributed by atoms with Crippen molar-refractivity contribution in [3.05, 3.63) is 47.5 Å². The van der Waals surface area contributed by atoms with Crippen molar-refractivity contribution in [1.82, 2.24) is 0 Å². The van der Waals surface area contributed by atoms with Gasteiger partial charge in [-0.15, -0.1) is 11.8 Å². The summed E-state index contributed by atoms with van der Waals surface area (Å²) in [5.41, 5.74) is 0.676. The van der Waals surface area contributed by atoms with Crippen LogP contribution in [0.4, 0.5) is 24.5 Å². The standard InChI is InChI=1S/C18H14ClF3N2O3S/c19-10-5-6-13(27-9-18(20,21)22)12(7-10)23-16(25)8-15-17(26)24-11-3-1-2-4-14(11)28-15/h1-7,15H,8-9H2,(H,23,25)(H,24,26). The molecule has 0 fully saturated rings. The van der Waals surface area contributed by atoms with Crippen LogP contribution >= 0.6 is 23.4 Å². The second kappa shape index (κ2) is 8.32. The van der Waals surface area contributed by atoms with Crippen LogP contribution in [-0.4, -0.2) is 29.8 Å². The topological polar surface area (TPSA) is 67.4 Å². The maximum Gasteiger partial charge on any atom is 0.422 e. The van der Waals surface area contributed by atoms with Gasteiger partial charge < -0.3 is 15.4 Å². The maximum absolute atomic E-state index is 12.4. The van der Waals surface area contributed by atoms with Crippen molar-refractivity contribution in [3.8, 4) is 5.75 Å². The average molecular weight is 431 g/mol. The smallest absolute Gasteiger partial charge is 0.422 e. The number of anilines is 2. The van der Waals surface area contributed by atoms with E-state index in [0.717, 1.165) is 4.90 Å². The molecule has 0 radical (unpaired) electrons. The summed E-state index contributed by atoms with van der Waals surface area (Å²) in [6, 6.07) is 11.1. The molecule has 0 saturated carbocycles. The van der Waals surface area contributed by atoms with E-state index in [1.165, 1.54) is 30.0 Å². The first-order chi connectivity index (χ1) is 13.2. The third kappa shape index (κ3) is 5.32. The molecule has 2 aromatic rings. The molecule has 1 atom stereocenters. The van der Waals surface area contributed by atoms with Crippen LogP contribution in [0.3, 0.4) is 0 Å². The predicted molar refractivity (Wildman–Crippen MR) is 101 cm³/mol. The third-order valence-corrected chi connectivity index (χ3v) is 5.19. The molecule has 0 aromatic heterocycles. The van der Waals surface area contributed by atoms with Crippen LogP contribution in [-0.2, 0) is 9.59 Å². The average Bonchev–Trinajstić information content (AvgIpc) is 2.61. The Balaban J connectivity index is 1.68. The van der Waals surface area contributed by atoms with Crippen molar-refractivity contribution in [3.63, 3.8) is 0 Å². The number of benzene rings is 2. The molecule has 2 aromatic carbocycles. The van der Waals surface area contributed by atoms with Gasteiger partial charge in [-0.05, 0) is 30.3 Å². The Labute approximate surface area is 167 Å². The fraction of sp³-hybridized carbons (Fsp3) is 0.222. The molecule has 0 spiro atoms. The van der Waals surface area contributed by atoms with Gasteiger partial charge in [-0.25, -0.2) is 0 Å². The molecule has 1 heterocycles. The van der Waals surface area contributed by atoms with Crippen molar-refractivity contribution < 1.29 is 27.5 Å². The Morgan fingerprint density at radius 2 is 2.00 bits per heavy atom. The van der Waals surface area contributed by atoms with Crippen molar-refractivity contribution in [2.45, 2.75) is 22.7 Å². The molecule has 10 heteroatoms. The van der Waals surface area contributed by atoms with Gasteiger partial charge in [0.1, 0.15) is 5.75 Å². The van der Waals surface area contributed by atoms with Gasteiger partial charge in [0.2, 0.25) is 11.8 Å². The normalized spacial score (nSPS) is 16.1. The van der Waals surface area contributed by atoms with Gasteiger partial charge >= 0.3 is 6.18 Å². The number of alkyl halides is 3. The van der Waals surface area contributed by atoms with Crippen LogP contribution in [0.1, 0.15) is 6.42 Å². The van der Waals surface area contributed by atoms with Gasteiger partial charge in [0.25, 0.3) is 0 Å². The lowest BCUT2D eigenvalue weighted by molar-refractivity contribution is -0.153. The lowest BCUT2D eigenvalue weighted by atomic mass is 10.2. The molecule has 2 amide bonds. The van der Waals surface area contributed by atoms with Gasteiger partial charge in [0, 0.05) is 16.3 Å². The first kappa shape index (κ1) is 20.3. The maximum atomic E-state index is 12.4. The third-order valence-electron chi connectivity index (χ3n) is 3.68. The number of hydrogen-bond donors (Lipinski definition) is 2. The molecule has 1 unspecified atom stereocenters. The summed E-state index contributed by atoms with van der Waals surface area (Å²) in [5.74, 6) is -1.04. The summed E-state index contributed by atoms with van der Waals surface area (Å²) in [6.45, 7) is -1.50. The van der Waals surface area contributed by atoms with Crippen LogP contribution < -0.4 is 15.4 Å². The highest BCUT2D eigenvalue weighted by molar-refractivity contribution is 8.01. The summed E-state index contributed by atoms with van der Waals surface area (Å²) in [6.07, 6.45) is -4.69.